The minimum Gasteiger partial charge on any atom is -0.484 e. The van der Waals surface area contributed by atoms with Gasteiger partial charge >= 0.3 is 0 Å². The molecule has 0 saturated heterocycles. The van der Waals surface area contributed by atoms with Crippen molar-refractivity contribution in [3.05, 3.63) is 84.1 Å². The molecule has 0 fully saturated rings. The minimum atomic E-state index is -0.236. The van der Waals surface area contributed by atoms with Crippen LogP contribution in [0.25, 0.3) is 16.9 Å². The van der Waals surface area contributed by atoms with Crippen LogP contribution < -0.4 is 10.1 Å². The van der Waals surface area contributed by atoms with Crippen molar-refractivity contribution in [3.8, 4) is 17.0 Å². The fourth-order valence-corrected chi connectivity index (χ4v) is 3.26. The molecule has 2 aromatic heterocycles. The highest BCUT2D eigenvalue weighted by Gasteiger charge is 2.17. The van der Waals surface area contributed by atoms with Crippen molar-refractivity contribution in [2.45, 2.75) is 13.8 Å². The average molecular weight is 371 g/mol. The van der Waals surface area contributed by atoms with E-state index in [9.17, 15) is 4.79 Å². The third-order valence-corrected chi connectivity index (χ3v) is 4.40. The summed E-state index contributed by atoms with van der Waals surface area (Å²) in [6.45, 7) is 4.03. The number of hydrogen-bond donors (Lipinski definition) is 1. The van der Waals surface area contributed by atoms with Gasteiger partial charge in [-0.05, 0) is 50.2 Å². The van der Waals surface area contributed by atoms with Crippen molar-refractivity contribution in [1.82, 2.24) is 9.38 Å². The molecule has 1 amide bonds. The van der Waals surface area contributed by atoms with Crippen molar-refractivity contribution >= 4 is 17.4 Å². The number of benzene rings is 2. The number of hydrogen-bond acceptors (Lipinski definition) is 3. The van der Waals surface area contributed by atoms with E-state index in [0.717, 1.165) is 28.0 Å². The van der Waals surface area contributed by atoms with Crippen LogP contribution >= 0.6 is 0 Å². The van der Waals surface area contributed by atoms with Gasteiger partial charge in [0, 0.05) is 11.8 Å². The van der Waals surface area contributed by atoms with E-state index < -0.39 is 0 Å². The molecule has 0 bridgehead atoms. The molecule has 0 spiro atoms. The molecule has 0 radical (unpaired) electrons. The summed E-state index contributed by atoms with van der Waals surface area (Å²) in [5.41, 5.74) is 4.79. The number of para-hydroxylation sites is 1. The zero-order valence-electron chi connectivity index (χ0n) is 15.8. The molecule has 5 nitrogen and oxygen atoms in total. The lowest BCUT2D eigenvalue weighted by molar-refractivity contribution is -0.118. The Bertz CT molecular complexity index is 1110. The summed E-state index contributed by atoms with van der Waals surface area (Å²) in [6.07, 6.45) is 1.89. The monoisotopic (exact) mass is 371 g/mol. The summed E-state index contributed by atoms with van der Waals surface area (Å²) in [5, 5.41) is 2.98. The first-order valence-electron chi connectivity index (χ1n) is 9.13. The molecule has 5 heteroatoms. The van der Waals surface area contributed by atoms with Gasteiger partial charge in [-0.15, -0.1) is 0 Å². The lowest BCUT2D eigenvalue weighted by Gasteiger charge is -2.10. The SMILES string of the molecule is Cc1cc(C)cc(-c2nc3ccccn3c2NC(=O)COc2ccccc2)c1. The van der Waals surface area contributed by atoms with Gasteiger partial charge < -0.3 is 10.1 Å². The number of aryl methyl sites for hydroxylation is 2. The second-order valence-electron chi connectivity index (χ2n) is 6.76. The molecule has 1 N–H and O–H groups in total. The van der Waals surface area contributed by atoms with E-state index in [-0.39, 0.29) is 12.5 Å². The molecule has 2 aromatic carbocycles. The van der Waals surface area contributed by atoms with E-state index >= 15 is 0 Å². The van der Waals surface area contributed by atoms with Crippen LogP contribution in [0.2, 0.25) is 0 Å². The topological polar surface area (TPSA) is 55.6 Å². The van der Waals surface area contributed by atoms with Crippen molar-refractivity contribution in [2.75, 3.05) is 11.9 Å². The predicted molar refractivity (Wildman–Crippen MR) is 111 cm³/mol. The number of carbonyl (C=O) groups excluding carboxylic acids is 1. The van der Waals surface area contributed by atoms with Crippen LogP contribution in [-0.2, 0) is 4.79 Å². The summed E-state index contributed by atoms with van der Waals surface area (Å²) in [6, 6.07) is 21.3. The Morgan fingerprint density at radius 2 is 1.71 bits per heavy atom. The van der Waals surface area contributed by atoms with E-state index in [2.05, 4.69) is 37.4 Å². The zero-order valence-corrected chi connectivity index (χ0v) is 15.8. The first-order valence-corrected chi connectivity index (χ1v) is 9.13. The molecule has 28 heavy (non-hydrogen) atoms. The molecule has 0 unspecified atom stereocenters. The van der Waals surface area contributed by atoms with Crippen LogP contribution in [0, 0.1) is 13.8 Å². The van der Waals surface area contributed by atoms with Gasteiger partial charge in [-0.1, -0.05) is 41.5 Å². The van der Waals surface area contributed by atoms with Gasteiger partial charge in [-0.2, -0.15) is 0 Å². The number of nitrogens with one attached hydrogen (secondary N) is 1. The number of pyridine rings is 1. The molecular weight excluding hydrogens is 350 g/mol. The average Bonchev–Trinajstić information content (AvgIpc) is 3.05. The van der Waals surface area contributed by atoms with Crippen molar-refractivity contribution < 1.29 is 9.53 Å². The fraction of sp³-hybridized carbons (Fsp3) is 0.130. The van der Waals surface area contributed by atoms with Crippen LogP contribution in [0.4, 0.5) is 5.82 Å². The molecular formula is C23H21N3O2. The van der Waals surface area contributed by atoms with Crippen molar-refractivity contribution in [3.63, 3.8) is 0 Å². The fourth-order valence-electron chi connectivity index (χ4n) is 3.26. The Kier molecular flexibility index (Phi) is 4.81. The summed E-state index contributed by atoms with van der Waals surface area (Å²) < 4.78 is 7.45. The molecule has 2 heterocycles. The van der Waals surface area contributed by atoms with Gasteiger partial charge in [0.25, 0.3) is 5.91 Å². The predicted octanol–water partition coefficient (Wildman–Crippen LogP) is 4.64. The second kappa shape index (κ2) is 7.56. The first-order chi connectivity index (χ1) is 13.6. The Morgan fingerprint density at radius 3 is 2.46 bits per heavy atom. The molecule has 0 aliphatic heterocycles. The number of rotatable bonds is 5. The maximum absolute atomic E-state index is 12.6. The van der Waals surface area contributed by atoms with E-state index in [4.69, 9.17) is 9.72 Å². The number of anilines is 1. The number of amides is 1. The van der Waals surface area contributed by atoms with Gasteiger partial charge in [-0.25, -0.2) is 4.98 Å². The number of aromatic nitrogens is 2. The number of fused-ring (bicyclic) bond motifs is 1. The smallest absolute Gasteiger partial charge is 0.263 e. The van der Waals surface area contributed by atoms with Gasteiger partial charge in [0.1, 0.15) is 22.9 Å². The second-order valence-corrected chi connectivity index (χ2v) is 6.76. The molecule has 0 aliphatic carbocycles. The van der Waals surface area contributed by atoms with Gasteiger partial charge in [0.05, 0.1) is 0 Å². The Morgan fingerprint density at radius 1 is 1.00 bits per heavy atom. The molecule has 4 rings (SSSR count). The van der Waals surface area contributed by atoms with Gasteiger partial charge in [0.2, 0.25) is 0 Å². The van der Waals surface area contributed by atoms with Crippen LogP contribution in [-0.4, -0.2) is 21.9 Å². The van der Waals surface area contributed by atoms with Gasteiger partial charge in [-0.3, -0.25) is 9.20 Å². The van der Waals surface area contributed by atoms with Crippen molar-refractivity contribution in [1.29, 1.82) is 0 Å². The van der Waals surface area contributed by atoms with E-state index in [1.807, 2.05) is 59.1 Å². The minimum absolute atomic E-state index is 0.0731. The standard InChI is InChI=1S/C23H21N3O2/c1-16-12-17(2)14-18(13-16)22-23(26-11-7-6-10-20(26)24-22)25-21(27)15-28-19-8-4-3-5-9-19/h3-14H,15H2,1-2H3,(H,25,27). The third kappa shape index (κ3) is 3.74. The number of carbonyl (C=O) groups is 1. The molecule has 0 saturated carbocycles. The quantitative estimate of drug-likeness (QED) is 0.556. The number of nitrogens with zero attached hydrogens (tertiary/aromatic N) is 2. The maximum Gasteiger partial charge on any atom is 0.263 e. The normalized spacial score (nSPS) is 10.8. The highest BCUT2D eigenvalue weighted by atomic mass is 16.5. The van der Waals surface area contributed by atoms with E-state index in [1.54, 1.807) is 0 Å². The summed E-state index contributed by atoms with van der Waals surface area (Å²) in [4.78, 5) is 17.3. The zero-order chi connectivity index (χ0) is 19.5. The number of ether oxygens (including phenoxy) is 1. The van der Waals surface area contributed by atoms with Crippen molar-refractivity contribution in [2.24, 2.45) is 0 Å². The van der Waals surface area contributed by atoms with Gasteiger partial charge in [0.15, 0.2) is 6.61 Å². The maximum atomic E-state index is 12.6. The third-order valence-electron chi connectivity index (χ3n) is 4.40. The summed E-state index contributed by atoms with van der Waals surface area (Å²) in [5.74, 6) is 1.06. The largest absolute Gasteiger partial charge is 0.484 e. The highest BCUT2D eigenvalue weighted by molar-refractivity contribution is 5.95. The Hall–Kier alpha value is -3.60. The highest BCUT2D eigenvalue weighted by Crippen LogP contribution is 2.30. The number of imidazole rings is 1. The molecule has 0 aliphatic rings. The lowest BCUT2D eigenvalue weighted by Crippen LogP contribution is -2.21. The van der Waals surface area contributed by atoms with E-state index in [1.165, 1.54) is 0 Å². The van der Waals surface area contributed by atoms with E-state index in [0.29, 0.717) is 11.6 Å². The summed E-state index contributed by atoms with van der Waals surface area (Å²) in [7, 11) is 0. The molecule has 140 valence electrons. The lowest BCUT2D eigenvalue weighted by atomic mass is 10.1. The summed E-state index contributed by atoms with van der Waals surface area (Å²) >= 11 is 0. The van der Waals surface area contributed by atoms with Crippen LogP contribution in [0.1, 0.15) is 11.1 Å². The Balaban J connectivity index is 1.66. The first kappa shape index (κ1) is 17.8. The molecule has 0 atom stereocenters. The Labute approximate surface area is 163 Å². The van der Waals surface area contributed by atoms with Crippen LogP contribution in [0.15, 0.2) is 72.9 Å². The molecule has 4 aromatic rings. The van der Waals surface area contributed by atoms with Crippen LogP contribution in [0.3, 0.4) is 0 Å². The van der Waals surface area contributed by atoms with Crippen LogP contribution in [0.5, 0.6) is 5.75 Å².